The fourth-order valence-corrected chi connectivity index (χ4v) is 1.24. The van der Waals surface area contributed by atoms with E-state index >= 15 is 0 Å². The first-order valence-corrected chi connectivity index (χ1v) is 4.17. The van der Waals surface area contributed by atoms with Gasteiger partial charge in [-0.1, -0.05) is 13.8 Å². The minimum absolute atomic E-state index is 0.687. The summed E-state index contributed by atoms with van der Waals surface area (Å²) in [7, 11) is 0. The van der Waals surface area contributed by atoms with Gasteiger partial charge in [0.05, 0.1) is 0 Å². The fourth-order valence-electron chi connectivity index (χ4n) is 0.878. The van der Waals surface area contributed by atoms with Gasteiger partial charge in [0.25, 0.3) is 0 Å². The fraction of sp³-hybridized carbons (Fsp3) is 0.571. The molecular formula is C7H11BrN2. The van der Waals surface area contributed by atoms with E-state index < -0.39 is 0 Å². The molecule has 0 spiro atoms. The predicted octanol–water partition coefficient (Wildman–Crippen LogP) is 2.37. The van der Waals surface area contributed by atoms with Gasteiger partial charge in [-0.3, -0.25) is 5.10 Å². The summed E-state index contributed by atoms with van der Waals surface area (Å²) in [4.78, 5) is 0. The number of aromatic nitrogens is 2. The van der Waals surface area contributed by atoms with Crippen LogP contribution in [0.1, 0.15) is 19.5 Å². The van der Waals surface area contributed by atoms with Gasteiger partial charge >= 0.3 is 0 Å². The highest BCUT2D eigenvalue weighted by Gasteiger charge is 1.99. The number of hydrogen-bond acceptors (Lipinski definition) is 1. The van der Waals surface area contributed by atoms with Gasteiger partial charge in [0, 0.05) is 5.69 Å². The Bertz CT molecular complexity index is 205. The van der Waals surface area contributed by atoms with Gasteiger partial charge in [0.15, 0.2) is 0 Å². The van der Waals surface area contributed by atoms with Crippen LogP contribution in [0.2, 0.25) is 0 Å². The molecule has 56 valence electrons. The monoisotopic (exact) mass is 202 g/mol. The Kier molecular flexibility index (Phi) is 2.49. The molecule has 1 aromatic heterocycles. The second-order valence-electron chi connectivity index (χ2n) is 2.81. The van der Waals surface area contributed by atoms with Crippen molar-refractivity contribution < 1.29 is 0 Å². The molecule has 1 heterocycles. The lowest BCUT2D eigenvalue weighted by atomic mass is 10.1. The molecule has 0 fully saturated rings. The zero-order chi connectivity index (χ0) is 7.56. The summed E-state index contributed by atoms with van der Waals surface area (Å²) in [6, 6.07) is 2.01. The second kappa shape index (κ2) is 3.19. The summed E-state index contributed by atoms with van der Waals surface area (Å²) in [6.45, 7) is 4.38. The molecule has 0 bridgehead atoms. The van der Waals surface area contributed by atoms with Crippen molar-refractivity contribution >= 4 is 15.9 Å². The van der Waals surface area contributed by atoms with Crippen LogP contribution in [0.25, 0.3) is 0 Å². The first-order valence-electron chi connectivity index (χ1n) is 3.38. The van der Waals surface area contributed by atoms with Crippen molar-refractivity contribution in [2.75, 3.05) is 0 Å². The van der Waals surface area contributed by atoms with Crippen molar-refractivity contribution in [3.63, 3.8) is 0 Å². The van der Waals surface area contributed by atoms with Crippen LogP contribution in [0.4, 0.5) is 0 Å². The topological polar surface area (TPSA) is 28.7 Å². The minimum Gasteiger partial charge on any atom is -0.281 e. The van der Waals surface area contributed by atoms with Crippen LogP contribution in [-0.2, 0) is 6.42 Å². The van der Waals surface area contributed by atoms with Crippen LogP contribution in [-0.4, -0.2) is 10.2 Å². The summed E-state index contributed by atoms with van der Waals surface area (Å²) in [5.41, 5.74) is 1.20. The molecule has 10 heavy (non-hydrogen) atoms. The average molecular weight is 203 g/mol. The van der Waals surface area contributed by atoms with Crippen molar-refractivity contribution in [1.29, 1.82) is 0 Å². The molecule has 0 saturated carbocycles. The van der Waals surface area contributed by atoms with E-state index in [1.807, 2.05) is 6.07 Å². The molecule has 0 atom stereocenters. The highest BCUT2D eigenvalue weighted by atomic mass is 79.9. The highest BCUT2D eigenvalue weighted by Crippen LogP contribution is 2.10. The van der Waals surface area contributed by atoms with Gasteiger partial charge in [0.2, 0.25) is 0 Å². The number of nitrogens with one attached hydrogen (secondary N) is 1. The number of nitrogens with zero attached hydrogens (tertiary/aromatic N) is 1. The van der Waals surface area contributed by atoms with E-state index in [1.165, 1.54) is 5.69 Å². The lowest BCUT2D eigenvalue weighted by molar-refractivity contribution is 0.633. The Balaban J connectivity index is 2.58. The standard InChI is InChI=1S/C7H11BrN2/c1-5(2)3-6-4-7(8)10-9-6/h4-5H,3H2,1-2H3,(H,9,10). The maximum atomic E-state index is 3.96. The second-order valence-corrected chi connectivity index (χ2v) is 3.63. The summed E-state index contributed by atoms with van der Waals surface area (Å²) >= 11 is 3.28. The van der Waals surface area contributed by atoms with Crippen LogP contribution in [0.15, 0.2) is 10.7 Å². The summed E-state index contributed by atoms with van der Waals surface area (Å²) in [5, 5.41) is 6.90. The van der Waals surface area contributed by atoms with Crippen molar-refractivity contribution in [3.05, 3.63) is 16.4 Å². The van der Waals surface area contributed by atoms with E-state index in [1.54, 1.807) is 0 Å². The van der Waals surface area contributed by atoms with Crippen molar-refractivity contribution in [3.8, 4) is 0 Å². The van der Waals surface area contributed by atoms with Gasteiger partial charge in [-0.2, -0.15) is 5.10 Å². The lowest BCUT2D eigenvalue weighted by Gasteiger charge is -1.98. The Morgan fingerprint density at radius 2 is 2.40 bits per heavy atom. The van der Waals surface area contributed by atoms with Crippen LogP contribution >= 0.6 is 15.9 Å². The van der Waals surface area contributed by atoms with Gasteiger partial charge in [-0.15, -0.1) is 0 Å². The molecule has 1 rings (SSSR count). The predicted molar refractivity (Wildman–Crippen MR) is 44.8 cm³/mol. The Hall–Kier alpha value is -0.310. The molecule has 0 saturated heterocycles. The maximum absolute atomic E-state index is 3.96. The summed E-state index contributed by atoms with van der Waals surface area (Å²) in [5.74, 6) is 0.687. The summed E-state index contributed by atoms with van der Waals surface area (Å²) < 4.78 is 0.892. The number of aromatic amines is 1. The van der Waals surface area contributed by atoms with E-state index in [0.29, 0.717) is 5.92 Å². The first kappa shape index (κ1) is 7.79. The third-order valence-corrected chi connectivity index (χ3v) is 1.63. The van der Waals surface area contributed by atoms with Crippen molar-refractivity contribution in [2.24, 2.45) is 5.92 Å². The normalized spacial score (nSPS) is 10.8. The van der Waals surface area contributed by atoms with Crippen LogP contribution in [0.5, 0.6) is 0 Å². The molecule has 0 aliphatic heterocycles. The SMILES string of the molecule is CC(C)Cc1cc(Br)n[nH]1. The molecule has 2 nitrogen and oxygen atoms in total. The number of rotatable bonds is 2. The van der Waals surface area contributed by atoms with E-state index in [0.717, 1.165) is 11.0 Å². The zero-order valence-corrected chi connectivity index (χ0v) is 7.77. The number of halogens is 1. The molecule has 0 unspecified atom stereocenters. The van der Waals surface area contributed by atoms with Gasteiger partial charge in [0.1, 0.15) is 4.60 Å². The van der Waals surface area contributed by atoms with Crippen LogP contribution < -0.4 is 0 Å². The molecule has 0 amide bonds. The zero-order valence-electron chi connectivity index (χ0n) is 6.19. The largest absolute Gasteiger partial charge is 0.281 e. The third-order valence-electron chi connectivity index (χ3n) is 1.23. The van der Waals surface area contributed by atoms with Crippen molar-refractivity contribution in [1.82, 2.24) is 10.2 Å². The molecule has 0 aliphatic carbocycles. The average Bonchev–Trinajstić information content (AvgIpc) is 2.13. The molecule has 1 N–H and O–H groups in total. The van der Waals surface area contributed by atoms with E-state index in [9.17, 15) is 0 Å². The van der Waals surface area contributed by atoms with Crippen LogP contribution in [0.3, 0.4) is 0 Å². The van der Waals surface area contributed by atoms with E-state index in [4.69, 9.17) is 0 Å². The van der Waals surface area contributed by atoms with Gasteiger partial charge in [-0.25, -0.2) is 0 Å². The Morgan fingerprint density at radius 3 is 2.80 bits per heavy atom. The van der Waals surface area contributed by atoms with Gasteiger partial charge < -0.3 is 0 Å². The quantitative estimate of drug-likeness (QED) is 0.785. The molecule has 3 heteroatoms. The summed E-state index contributed by atoms with van der Waals surface area (Å²) in [6.07, 6.45) is 1.07. The number of H-pyrrole nitrogens is 1. The molecule has 0 radical (unpaired) electrons. The lowest BCUT2D eigenvalue weighted by Crippen LogP contribution is -1.93. The van der Waals surface area contributed by atoms with Crippen molar-refractivity contribution in [2.45, 2.75) is 20.3 Å². The third kappa shape index (κ3) is 2.14. The maximum Gasteiger partial charge on any atom is 0.128 e. The van der Waals surface area contributed by atoms with Crippen LogP contribution in [0, 0.1) is 5.92 Å². The molecular weight excluding hydrogens is 192 g/mol. The Morgan fingerprint density at radius 1 is 1.70 bits per heavy atom. The highest BCUT2D eigenvalue weighted by molar-refractivity contribution is 9.10. The van der Waals surface area contributed by atoms with Gasteiger partial charge in [-0.05, 0) is 34.3 Å². The van der Waals surface area contributed by atoms with E-state index in [2.05, 4.69) is 40.0 Å². The first-order chi connectivity index (χ1) is 4.68. The van der Waals surface area contributed by atoms with E-state index in [-0.39, 0.29) is 0 Å². The molecule has 0 aromatic carbocycles. The Labute approximate surface area is 69.2 Å². The molecule has 1 aromatic rings. The number of hydrogen-bond donors (Lipinski definition) is 1. The minimum atomic E-state index is 0.687. The molecule has 0 aliphatic rings. The smallest absolute Gasteiger partial charge is 0.128 e.